The first-order valence-electron chi connectivity index (χ1n) is 10.8. The first-order chi connectivity index (χ1) is 14.9. The summed E-state index contributed by atoms with van der Waals surface area (Å²) in [6.07, 6.45) is 2.79. The Morgan fingerprint density at radius 3 is 2.55 bits per heavy atom. The Kier molecular flexibility index (Phi) is 6.17. The third-order valence-corrected chi connectivity index (χ3v) is 7.66. The number of thiophene rings is 1. The van der Waals surface area contributed by atoms with Gasteiger partial charge in [0.15, 0.2) is 0 Å². The Balaban J connectivity index is 1.70. The molecule has 4 nitrogen and oxygen atoms in total. The largest absolute Gasteiger partial charge is 0.497 e. The van der Waals surface area contributed by atoms with Crippen molar-refractivity contribution in [3.05, 3.63) is 87.1 Å². The van der Waals surface area contributed by atoms with Crippen LogP contribution in [-0.4, -0.2) is 24.5 Å². The van der Waals surface area contributed by atoms with Crippen molar-refractivity contribution >= 4 is 17.2 Å². The van der Waals surface area contributed by atoms with Crippen LogP contribution >= 0.6 is 11.3 Å². The second kappa shape index (κ2) is 8.85. The normalized spacial score (nSPS) is 18.2. The van der Waals surface area contributed by atoms with Crippen LogP contribution < -0.4 is 10.5 Å². The minimum absolute atomic E-state index is 0.133. The second-order valence-electron chi connectivity index (χ2n) is 8.38. The van der Waals surface area contributed by atoms with E-state index in [2.05, 4.69) is 30.0 Å². The number of nitrogens with two attached hydrogens (primary N) is 1. The molecule has 2 unspecified atom stereocenters. The number of rotatable bonds is 7. The van der Waals surface area contributed by atoms with Crippen LogP contribution in [0.1, 0.15) is 45.8 Å². The number of amides is 1. The average molecular weight is 435 g/mol. The highest BCUT2D eigenvalue weighted by atomic mass is 32.1. The minimum Gasteiger partial charge on any atom is -0.497 e. The second-order valence-corrected chi connectivity index (χ2v) is 9.72. The molecule has 0 saturated heterocycles. The molecule has 2 heterocycles. The summed E-state index contributed by atoms with van der Waals surface area (Å²) < 4.78 is 5.29. The van der Waals surface area contributed by atoms with Gasteiger partial charge in [0.1, 0.15) is 11.3 Å². The van der Waals surface area contributed by atoms with Gasteiger partial charge in [0.25, 0.3) is 0 Å². The number of carbonyl (C=O) groups is 1. The molecule has 162 valence electrons. The van der Waals surface area contributed by atoms with Crippen molar-refractivity contribution in [2.24, 2.45) is 5.73 Å². The fraction of sp³-hybridized carbons (Fsp3) is 0.346. The van der Waals surface area contributed by atoms with Crippen molar-refractivity contribution in [2.45, 2.75) is 44.7 Å². The third kappa shape index (κ3) is 4.12. The molecule has 0 fully saturated rings. The summed E-state index contributed by atoms with van der Waals surface area (Å²) in [5, 5.41) is 0. The van der Waals surface area contributed by atoms with E-state index in [-0.39, 0.29) is 11.9 Å². The zero-order valence-electron chi connectivity index (χ0n) is 18.4. The van der Waals surface area contributed by atoms with E-state index in [1.54, 1.807) is 7.11 Å². The molecular formula is C26H30N2O2S. The highest BCUT2D eigenvalue weighted by molar-refractivity contribution is 7.12. The lowest BCUT2D eigenvalue weighted by molar-refractivity contribution is -0.132. The first-order valence-corrected chi connectivity index (χ1v) is 11.6. The molecule has 0 saturated carbocycles. The lowest BCUT2D eigenvalue weighted by Crippen LogP contribution is -2.56. The fourth-order valence-corrected chi connectivity index (χ4v) is 5.84. The van der Waals surface area contributed by atoms with Crippen molar-refractivity contribution in [2.75, 3.05) is 13.7 Å². The summed E-state index contributed by atoms with van der Waals surface area (Å²) >= 11 is 1.88. The number of fused-ring (bicyclic) bond motifs is 1. The molecule has 0 aliphatic carbocycles. The van der Waals surface area contributed by atoms with Gasteiger partial charge in [0.05, 0.1) is 7.11 Å². The van der Waals surface area contributed by atoms with Crippen LogP contribution in [0, 0.1) is 6.92 Å². The highest BCUT2D eigenvalue weighted by Gasteiger charge is 2.45. The maximum Gasteiger partial charge on any atom is 0.242 e. The molecule has 2 atom stereocenters. The van der Waals surface area contributed by atoms with E-state index in [0.29, 0.717) is 0 Å². The Labute approximate surface area is 188 Å². The molecule has 0 spiro atoms. The zero-order valence-corrected chi connectivity index (χ0v) is 19.2. The van der Waals surface area contributed by atoms with Gasteiger partial charge in [0.2, 0.25) is 5.91 Å². The number of hydrogen-bond acceptors (Lipinski definition) is 4. The number of hydrogen-bond donors (Lipinski definition) is 1. The summed E-state index contributed by atoms with van der Waals surface area (Å²) in [7, 11) is 1.68. The van der Waals surface area contributed by atoms with E-state index in [9.17, 15) is 4.79 Å². The van der Waals surface area contributed by atoms with Gasteiger partial charge in [0, 0.05) is 22.3 Å². The maximum absolute atomic E-state index is 12.9. The molecule has 1 aromatic heterocycles. The van der Waals surface area contributed by atoms with Gasteiger partial charge in [-0.25, -0.2) is 0 Å². The minimum atomic E-state index is -0.862. The van der Waals surface area contributed by atoms with Crippen molar-refractivity contribution in [1.82, 2.24) is 4.90 Å². The molecule has 3 aromatic rings. The van der Waals surface area contributed by atoms with Crippen LogP contribution in [0.3, 0.4) is 0 Å². The van der Waals surface area contributed by atoms with Crippen LogP contribution in [0.15, 0.2) is 60.7 Å². The Hall–Kier alpha value is -2.63. The lowest BCUT2D eigenvalue weighted by atomic mass is 9.83. The first kappa shape index (κ1) is 21.6. The van der Waals surface area contributed by atoms with Crippen LogP contribution in [0.25, 0.3) is 0 Å². The summed E-state index contributed by atoms with van der Waals surface area (Å²) in [6, 6.07) is 20.6. The van der Waals surface area contributed by atoms with Gasteiger partial charge >= 0.3 is 0 Å². The average Bonchev–Trinajstić information content (AvgIpc) is 3.18. The molecule has 4 rings (SSSR count). The summed E-state index contributed by atoms with van der Waals surface area (Å²) in [4.78, 5) is 18.0. The van der Waals surface area contributed by atoms with E-state index in [0.717, 1.165) is 37.1 Å². The number of nitrogens with zero attached hydrogens (tertiary/aromatic N) is 1. The number of carbonyl (C=O) groups excluding carboxylic acids is 1. The summed E-state index contributed by atoms with van der Waals surface area (Å²) in [5.74, 6) is 0.563. The monoisotopic (exact) mass is 434 g/mol. The van der Waals surface area contributed by atoms with Crippen molar-refractivity contribution in [3.8, 4) is 5.75 Å². The topological polar surface area (TPSA) is 55.6 Å². The SMILES string of the molecule is COc1ccc(CCC2c3cc(C)sc3CCN2C(C)(C(N)=O)c2ccccc2)cc1. The van der Waals surface area contributed by atoms with Crippen molar-refractivity contribution < 1.29 is 9.53 Å². The number of methoxy groups -OCH3 is 1. The highest BCUT2D eigenvalue weighted by Crippen LogP contribution is 2.44. The van der Waals surface area contributed by atoms with E-state index >= 15 is 0 Å². The van der Waals surface area contributed by atoms with Gasteiger partial charge in [-0.1, -0.05) is 42.5 Å². The molecule has 1 aliphatic rings. The molecule has 2 N–H and O–H groups in total. The predicted octanol–water partition coefficient (Wildman–Crippen LogP) is 5.00. The molecular weight excluding hydrogens is 404 g/mol. The van der Waals surface area contributed by atoms with Gasteiger partial charge < -0.3 is 10.5 Å². The number of aryl methyl sites for hydroxylation is 2. The Morgan fingerprint density at radius 2 is 1.90 bits per heavy atom. The van der Waals surface area contributed by atoms with E-state index in [4.69, 9.17) is 10.5 Å². The summed E-state index contributed by atoms with van der Waals surface area (Å²) in [6.45, 7) is 4.96. The summed E-state index contributed by atoms with van der Waals surface area (Å²) in [5.41, 5.74) is 8.77. The van der Waals surface area contributed by atoms with Crippen molar-refractivity contribution in [1.29, 1.82) is 0 Å². The van der Waals surface area contributed by atoms with Crippen molar-refractivity contribution in [3.63, 3.8) is 0 Å². The van der Waals surface area contributed by atoms with E-state index in [1.807, 2.05) is 60.7 Å². The smallest absolute Gasteiger partial charge is 0.242 e. The van der Waals surface area contributed by atoms with Crippen LogP contribution in [0.5, 0.6) is 5.75 Å². The van der Waals surface area contributed by atoms with E-state index < -0.39 is 5.54 Å². The van der Waals surface area contributed by atoms with Crippen LogP contribution in [-0.2, 0) is 23.2 Å². The molecule has 1 aliphatic heterocycles. The Morgan fingerprint density at radius 1 is 1.19 bits per heavy atom. The maximum atomic E-state index is 12.9. The van der Waals surface area contributed by atoms with Crippen LogP contribution in [0.2, 0.25) is 0 Å². The van der Waals surface area contributed by atoms with Gasteiger partial charge in [-0.15, -0.1) is 11.3 Å². The van der Waals surface area contributed by atoms with Gasteiger partial charge in [-0.3, -0.25) is 9.69 Å². The number of benzene rings is 2. The lowest BCUT2D eigenvalue weighted by Gasteiger charge is -2.46. The molecule has 0 bridgehead atoms. The molecule has 2 aromatic carbocycles. The number of ether oxygens (including phenoxy) is 1. The van der Waals surface area contributed by atoms with Gasteiger partial charge in [-0.05, 0) is 68.0 Å². The molecule has 31 heavy (non-hydrogen) atoms. The zero-order chi connectivity index (χ0) is 22.0. The quantitative estimate of drug-likeness (QED) is 0.569. The molecule has 1 amide bonds. The standard InChI is InChI=1S/C26H30N2O2S/c1-18-17-22-23(14-11-19-9-12-21(30-3)13-10-19)28(16-15-24(22)31-18)26(2,25(27)29)20-7-5-4-6-8-20/h4-10,12-13,17,23H,11,14-16H2,1-3H3,(H2,27,29). The van der Waals surface area contributed by atoms with Crippen LogP contribution in [0.4, 0.5) is 0 Å². The Bertz CT molecular complexity index is 1050. The van der Waals surface area contributed by atoms with E-state index in [1.165, 1.54) is 20.9 Å². The fourth-order valence-electron chi connectivity index (χ4n) is 4.76. The van der Waals surface area contributed by atoms with Gasteiger partial charge in [-0.2, -0.15) is 0 Å². The molecule has 5 heteroatoms. The number of primary amides is 1. The molecule has 0 radical (unpaired) electrons. The predicted molar refractivity (Wildman–Crippen MR) is 127 cm³/mol. The third-order valence-electron chi connectivity index (χ3n) is 6.54.